The van der Waals surface area contributed by atoms with E-state index in [-0.39, 0.29) is 42.2 Å². The standard InChI is InChI=1S/C40H42ClN9O6/c41-32-20-29(5-1-24(32)21-42)56-28-6-2-25(3-7-28)45-37(52)33-22-44-35(23-43-33)49-13-11-26(12-14-49)47-15-17-48(18-16-47)27-4-8-30-31(19-27)40(55)50(39(30)54)34-9-10-36(51)46-38(34)53/h1,4-5,8,19-20,22-23,25-26,28,34H,2-3,6-7,9-18H2,(H,45,52)(H,46,51,53). The van der Waals surface area contributed by atoms with Gasteiger partial charge >= 0.3 is 0 Å². The zero-order valence-electron chi connectivity index (χ0n) is 30.8. The second kappa shape index (κ2) is 15.9. The molecule has 8 rings (SSSR count). The van der Waals surface area contributed by atoms with Crippen LogP contribution < -0.4 is 25.2 Å². The number of hydrogen-bond donors (Lipinski definition) is 2. The van der Waals surface area contributed by atoms with Crippen molar-refractivity contribution in [2.75, 3.05) is 49.1 Å². The number of aromatic nitrogens is 2. The Bertz CT molecular complexity index is 2080. The highest BCUT2D eigenvalue weighted by Crippen LogP contribution is 2.32. The van der Waals surface area contributed by atoms with Crippen LogP contribution in [0.2, 0.25) is 5.02 Å². The molecule has 2 N–H and O–H groups in total. The molecule has 1 atom stereocenters. The van der Waals surface area contributed by atoms with Gasteiger partial charge in [-0.05, 0) is 75.3 Å². The van der Waals surface area contributed by atoms with Crippen molar-refractivity contribution >= 4 is 52.6 Å². The second-order valence-electron chi connectivity index (χ2n) is 15.0. The molecule has 0 radical (unpaired) electrons. The van der Waals surface area contributed by atoms with Gasteiger partial charge < -0.3 is 19.9 Å². The fourth-order valence-electron chi connectivity index (χ4n) is 8.50. The summed E-state index contributed by atoms with van der Waals surface area (Å²) in [6.07, 6.45) is 8.53. The molecule has 0 spiro atoms. The van der Waals surface area contributed by atoms with Crippen LogP contribution in [0.1, 0.15) is 88.1 Å². The van der Waals surface area contributed by atoms with E-state index in [2.05, 4.69) is 35.3 Å². The molecule has 3 aromatic rings. The molecule has 1 saturated carbocycles. The molecule has 290 valence electrons. The molecule has 16 heteroatoms. The van der Waals surface area contributed by atoms with Crippen LogP contribution in [0.25, 0.3) is 0 Å². The number of halogens is 1. The van der Waals surface area contributed by atoms with Crippen molar-refractivity contribution in [2.45, 2.75) is 75.6 Å². The van der Waals surface area contributed by atoms with Crippen LogP contribution in [0.5, 0.6) is 5.75 Å². The fraction of sp³-hybridized carbons (Fsp3) is 0.450. The molecule has 56 heavy (non-hydrogen) atoms. The Hall–Kier alpha value is -5.59. The number of nitrogens with one attached hydrogen (secondary N) is 2. The molecular formula is C40H42ClN9O6. The molecule has 4 aliphatic heterocycles. The quantitative estimate of drug-likeness (QED) is 0.319. The zero-order valence-corrected chi connectivity index (χ0v) is 31.5. The van der Waals surface area contributed by atoms with Gasteiger partial charge in [0.05, 0.1) is 40.2 Å². The molecule has 1 unspecified atom stereocenters. The number of nitrogens with zero attached hydrogens (tertiary/aromatic N) is 7. The van der Waals surface area contributed by atoms with Gasteiger partial charge in [-0.1, -0.05) is 11.6 Å². The van der Waals surface area contributed by atoms with Crippen molar-refractivity contribution in [1.29, 1.82) is 5.26 Å². The number of rotatable bonds is 8. The van der Waals surface area contributed by atoms with Crippen molar-refractivity contribution < 1.29 is 28.7 Å². The molecule has 0 bridgehead atoms. The van der Waals surface area contributed by atoms with Gasteiger partial charge in [-0.2, -0.15) is 5.26 Å². The summed E-state index contributed by atoms with van der Waals surface area (Å²) in [4.78, 5) is 80.5. The summed E-state index contributed by atoms with van der Waals surface area (Å²) >= 11 is 6.14. The van der Waals surface area contributed by atoms with Gasteiger partial charge in [0.15, 0.2) is 0 Å². The monoisotopic (exact) mass is 779 g/mol. The molecule has 5 amide bonds. The van der Waals surface area contributed by atoms with Crippen molar-refractivity contribution in [3.63, 3.8) is 0 Å². The van der Waals surface area contributed by atoms with Gasteiger partial charge in [-0.3, -0.25) is 39.1 Å². The first-order chi connectivity index (χ1) is 27.1. The minimum absolute atomic E-state index is 0.0144. The Morgan fingerprint density at radius 3 is 2.27 bits per heavy atom. The van der Waals surface area contributed by atoms with Gasteiger partial charge in [0.25, 0.3) is 17.7 Å². The number of ether oxygens (including phenoxy) is 1. The lowest BCUT2D eigenvalue weighted by molar-refractivity contribution is -0.136. The lowest BCUT2D eigenvalue weighted by Gasteiger charge is -2.43. The minimum Gasteiger partial charge on any atom is -0.490 e. The number of carbonyl (C=O) groups excluding carboxylic acids is 5. The molecule has 15 nitrogen and oxygen atoms in total. The largest absolute Gasteiger partial charge is 0.490 e. The van der Waals surface area contributed by atoms with E-state index < -0.39 is 29.7 Å². The second-order valence-corrected chi connectivity index (χ2v) is 15.4. The number of carbonyl (C=O) groups is 5. The van der Waals surface area contributed by atoms with E-state index in [0.717, 1.165) is 94.2 Å². The molecule has 1 aromatic heterocycles. The number of piperazine rings is 1. The Balaban J connectivity index is 0.772. The van der Waals surface area contributed by atoms with E-state index in [4.69, 9.17) is 21.6 Å². The summed E-state index contributed by atoms with van der Waals surface area (Å²) in [6, 6.07) is 11.9. The van der Waals surface area contributed by atoms with E-state index >= 15 is 0 Å². The van der Waals surface area contributed by atoms with Crippen molar-refractivity contribution in [3.05, 3.63) is 76.2 Å². The van der Waals surface area contributed by atoms with Gasteiger partial charge in [0, 0.05) is 69.5 Å². The highest BCUT2D eigenvalue weighted by molar-refractivity contribution is 6.31. The Kier molecular flexibility index (Phi) is 10.6. The molecule has 5 aliphatic rings. The Morgan fingerprint density at radius 2 is 1.59 bits per heavy atom. The van der Waals surface area contributed by atoms with Crippen LogP contribution in [0.3, 0.4) is 0 Å². The third-order valence-electron chi connectivity index (χ3n) is 11.7. The average Bonchev–Trinajstić information content (AvgIpc) is 3.46. The zero-order chi connectivity index (χ0) is 38.9. The first-order valence-electron chi connectivity index (χ1n) is 19.2. The van der Waals surface area contributed by atoms with Crippen molar-refractivity contribution in [1.82, 2.24) is 30.4 Å². The average molecular weight is 780 g/mol. The normalized spacial score (nSPS) is 23.4. The predicted octanol–water partition coefficient (Wildman–Crippen LogP) is 3.31. The molecule has 3 saturated heterocycles. The summed E-state index contributed by atoms with van der Waals surface area (Å²) in [5.74, 6) is -0.856. The van der Waals surface area contributed by atoms with Crippen LogP contribution in [0, 0.1) is 11.3 Å². The van der Waals surface area contributed by atoms with E-state index in [1.165, 1.54) is 0 Å². The maximum Gasteiger partial charge on any atom is 0.271 e. The molecule has 5 heterocycles. The van der Waals surface area contributed by atoms with Crippen molar-refractivity contribution in [3.8, 4) is 11.8 Å². The highest BCUT2D eigenvalue weighted by atomic mass is 35.5. The Morgan fingerprint density at radius 1 is 0.839 bits per heavy atom. The summed E-state index contributed by atoms with van der Waals surface area (Å²) in [6.45, 7) is 4.93. The van der Waals surface area contributed by atoms with Gasteiger partial charge in [0.1, 0.15) is 29.4 Å². The predicted molar refractivity (Wildman–Crippen MR) is 204 cm³/mol. The maximum absolute atomic E-state index is 13.3. The van der Waals surface area contributed by atoms with Crippen LogP contribution in [-0.4, -0.2) is 113 Å². The van der Waals surface area contributed by atoms with Gasteiger partial charge in [-0.25, -0.2) is 9.97 Å². The fourth-order valence-corrected chi connectivity index (χ4v) is 8.71. The molecule has 1 aliphatic carbocycles. The number of hydrogen-bond acceptors (Lipinski definition) is 12. The third kappa shape index (κ3) is 7.63. The van der Waals surface area contributed by atoms with Crippen molar-refractivity contribution in [2.24, 2.45) is 0 Å². The highest BCUT2D eigenvalue weighted by Gasteiger charge is 2.45. The summed E-state index contributed by atoms with van der Waals surface area (Å²) in [5, 5.41) is 14.8. The van der Waals surface area contributed by atoms with Crippen LogP contribution >= 0.6 is 11.6 Å². The first-order valence-corrected chi connectivity index (χ1v) is 19.6. The minimum atomic E-state index is -0.982. The van der Waals surface area contributed by atoms with Crippen LogP contribution in [0.4, 0.5) is 11.5 Å². The lowest BCUT2D eigenvalue weighted by Crippen LogP contribution is -2.54. The lowest BCUT2D eigenvalue weighted by atomic mass is 9.93. The smallest absolute Gasteiger partial charge is 0.271 e. The number of amides is 5. The number of imide groups is 2. The molecule has 2 aromatic carbocycles. The van der Waals surface area contributed by atoms with E-state index in [1.54, 1.807) is 42.7 Å². The Labute approximate surface area is 328 Å². The van der Waals surface area contributed by atoms with E-state index in [0.29, 0.717) is 27.9 Å². The maximum atomic E-state index is 13.3. The number of nitriles is 1. The van der Waals surface area contributed by atoms with Gasteiger partial charge in [0.2, 0.25) is 11.8 Å². The third-order valence-corrected chi connectivity index (χ3v) is 12.0. The van der Waals surface area contributed by atoms with E-state index in [9.17, 15) is 24.0 Å². The number of piperidine rings is 2. The van der Waals surface area contributed by atoms with E-state index in [1.807, 2.05) is 12.1 Å². The number of benzene rings is 2. The number of fused-ring (bicyclic) bond motifs is 1. The van der Waals surface area contributed by atoms with Gasteiger partial charge in [-0.15, -0.1) is 0 Å². The summed E-state index contributed by atoms with van der Waals surface area (Å²) in [5.41, 5.74) is 2.14. The topological polar surface area (TPSA) is 181 Å². The molecular weight excluding hydrogens is 738 g/mol. The van der Waals surface area contributed by atoms with Crippen LogP contribution in [0.15, 0.2) is 48.8 Å². The summed E-state index contributed by atoms with van der Waals surface area (Å²) < 4.78 is 6.07. The molecule has 4 fully saturated rings. The van der Waals surface area contributed by atoms with Crippen LogP contribution in [-0.2, 0) is 9.59 Å². The first kappa shape index (κ1) is 37.3. The number of anilines is 2. The SMILES string of the molecule is N#Cc1ccc(OC2CCC(NC(=O)c3cnc(N4CCC(N5CCN(c6ccc7c(c6)C(=O)N(C6CCC(=O)NC6=O)C7=O)CC5)CC4)cn3)CC2)cc1Cl. The summed E-state index contributed by atoms with van der Waals surface area (Å²) in [7, 11) is 0.